The Bertz CT molecular complexity index is 974. The van der Waals surface area contributed by atoms with E-state index in [1.807, 2.05) is 0 Å². The summed E-state index contributed by atoms with van der Waals surface area (Å²) in [6.07, 6.45) is 1.36. The number of rotatable bonds is 3. The summed E-state index contributed by atoms with van der Waals surface area (Å²) in [4.78, 5) is 32.7. The predicted molar refractivity (Wildman–Crippen MR) is 96.2 cm³/mol. The Kier molecular flexibility index (Phi) is 4.58. The molecule has 1 N–H and O–H groups in total. The Hall–Kier alpha value is -1.96. The molecule has 3 rings (SSSR count). The van der Waals surface area contributed by atoms with E-state index < -0.39 is 0 Å². The van der Waals surface area contributed by atoms with Gasteiger partial charge in [-0.15, -0.1) is 0 Å². The zero-order valence-electron chi connectivity index (χ0n) is 12.8. The van der Waals surface area contributed by atoms with Crippen molar-refractivity contribution in [1.29, 1.82) is 0 Å². The summed E-state index contributed by atoms with van der Waals surface area (Å²) in [6.45, 7) is 3.27. The number of hydrogen-bond donors (Lipinski definition) is 1. The predicted octanol–water partition coefficient (Wildman–Crippen LogP) is 3.42. The lowest BCUT2D eigenvalue weighted by Gasteiger charge is -2.07. The van der Waals surface area contributed by atoms with Crippen LogP contribution in [0.15, 0.2) is 23.3 Å². The quantitative estimate of drug-likeness (QED) is 0.752. The van der Waals surface area contributed by atoms with E-state index in [4.69, 9.17) is 23.2 Å². The molecule has 0 unspecified atom stereocenters. The SMILES string of the molecule is Cc1ncn(CC(=O)Nc2nc3c(Cl)ccc(Cl)c3s2)c(=O)c1C. The zero-order chi connectivity index (χ0) is 17.4. The average Bonchev–Trinajstić information content (AvgIpc) is 2.96. The number of nitrogens with one attached hydrogen (secondary N) is 1. The summed E-state index contributed by atoms with van der Waals surface area (Å²) >= 11 is 13.4. The fraction of sp³-hybridized carbons (Fsp3) is 0.200. The summed E-state index contributed by atoms with van der Waals surface area (Å²) in [5.74, 6) is -0.381. The van der Waals surface area contributed by atoms with Gasteiger partial charge < -0.3 is 5.32 Å². The van der Waals surface area contributed by atoms with Gasteiger partial charge in [0.2, 0.25) is 5.91 Å². The minimum absolute atomic E-state index is 0.148. The Labute approximate surface area is 151 Å². The second-order valence-corrected chi connectivity index (χ2v) is 6.98. The number of thiazole rings is 1. The van der Waals surface area contributed by atoms with Crippen LogP contribution in [0.25, 0.3) is 10.2 Å². The monoisotopic (exact) mass is 382 g/mol. The van der Waals surface area contributed by atoms with Crippen molar-refractivity contribution in [2.24, 2.45) is 0 Å². The van der Waals surface area contributed by atoms with Crippen LogP contribution in [0.4, 0.5) is 5.13 Å². The lowest BCUT2D eigenvalue weighted by atomic mass is 10.3. The lowest BCUT2D eigenvalue weighted by Crippen LogP contribution is -2.29. The van der Waals surface area contributed by atoms with Crippen LogP contribution in [0.1, 0.15) is 11.3 Å². The minimum Gasteiger partial charge on any atom is -0.300 e. The molecule has 9 heteroatoms. The van der Waals surface area contributed by atoms with Gasteiger partial charge in [-0.25, -0.2) is 9.97 Å². The molecule has 2 heterocycles. The van der Waals surface area contributed by atoms with Crippen molar-refractivity contribution in [3.63, 3.8) is 0 Å². The number of hydrogen-bond acceptors (Lipinski definition) is 5. The number of anilines is 1. The van der Waals surface area contributed by atoms with Crippen LogP contribution in [0.3, 0.4) is 0 Å². The highest BCUT2D eigenvalue weighted by Crippen LogP contribution is 2.35. The Morgan fingerprint density at radius 1 is 1.29 bits per heavy atom. The molecule has 0 aliphatic heterocycles. The van der Waals surface area contributed by atoms with Crippen molar-refractivity contribution in [1.82, 2.24) is 14.5 Å². The lowest BCUT2D eigenvalue weighted by molar-refractivity contribution is -0.116. The van der Waals surface area contributed by atoms with Crippen molar-refractivity contribution < 1.29 is 4.79 Å². The van der Waals surface area contributed by atoms with E-state index in [1.165, 1.54) is 22.2 Å². The number of fused-ring (bicyclic) bond motifs is 1. The van der Waals surface area contributed by atoms with Crippen LogP contribution in [0, 0.1) is 13.8 Å². The Balaban J connectivity index is 1.83. The third-order valence-corrected chi connectivity index (χ3v) is 5.26. The molecule has 6 nitrogen and oxygen atoms in total. The number of benzene rings is 1. The van der Waals surface area contributed by atoms with Gasteiger partial charge in [-0.2, -0.15) is 0 Å². The maximum absolute atomic E-state index is 12.2. The Morgan fingerprint density at radius 3 is 2.71 bits per heavy atom. The molecule has 0 fully saturated rings. The molecular weight excluding hydrogens is 371 g/mol. The first-order valence-electron chi connectivity index (χ1n) is 6.94. The van der Waals surface area contributed by atoms with Crippen LogP contribution >= 0.6 is 34.5 Å². The normalized spacial score (nSPS) is 11.0. The maximum Gasteiger partial charge on any atom is 0.256 e. The van der Waals surface area contributed by atoms with E-state index >= 15 is 0 Å². The third-order valence-electron chi connectivity index (χ3n) is 3.52. The van der Waals surface area contributed by atoms with Gasteiger partial charge in [-0.1, -0.05) is 34.5 Å². The first-order valence-corrected chi connectivity index (χ1v) is 8.51. The number of amides is 1. The topological polar surface area (TPSA) is 76.9 Å². The van der Waals surface area contributed by atoms with Crippen molar-refractivity contribution in [3.8, 4) is 0 Å². The van der Waals surface area contributed by atoms with Gasteiger partial charge >= 0.3 is 0 Å². The highest BCUT2D eigenvalue weighted by atomic mass is 35.5. The summed E-state index contributed by atoms with van der Waals surface area (Å²) in [6, 6.07) is 3.33. The fourth-order valence-electron chi connectivity index (χ4n) is 2.10. The molecule has 1 amide bonds. The van der Waals surface area contributed by atoms with Gasteiger partial charge in [0.05, 0.1) is 21.1 Å². The van der Waals surface area contributed by atoms with Crippen LogP contribution in [-0.2, 0) is 11.3 Å². The minimum atomic E-state index is -0.381. The second-order valence-electron chi connectivity index (χ2n) is 5.16. The van der Waals surface area contributed by atoms with Gasteiger partial charge in [-0.3, -0.25) is 14.2 Å². The van der Waals surface area contributed by atoms with E-state index in [0.717, 1.165) is 0 Å². The summed E-state index contributed by atoms with van der Waals surface area (Å²) < 4.78 is 1.95. The van der Waals surface area contributed by atoms with E-state index in [1.54, 1.807) is 26.0 Å². The fourth-order valence-corrected chi connectivity index (χ4v) is 3.54. The molecular formula is C15H12Cl2N4O2S. The van der Waals surface area contributed by atoms with E-state index in [9.17, 15) is 9.59 Å². The molecule has 124 valence electrons. The van der Waals surface area contributed by atoms with Gasteiger partial charge in [0.25, 0.3) is 5.56 Å². The Morgan fingerprint density at radius 2 is 2.00 bits per heavy atom. The van der Waals surface area contributed by atoms with Crippen molar-refractivity contribution in [3.05, 3.63) is 50.1 Å². The summed E-state index contributed by atoms with van der Waals surface area (Å²) in [5.41, 5.74) is 1.46. The molecule has 0 atom stereocenters. The highest BCUT2D eigenvalue weighted by molar-refractivity contribution is 7.23. The second kappa shape index (κ2) is 6.51. The molecule has 3 aromatic rings. The van der Waals surface area contributed by atoms with Gasteiger partial charge in [0, 0.05) is 11.3 Å². The number of carbonyl (C=O) groups is 1. The van der Waals surface area contributed by atoms with Crippen molar-refractivity contribution in [2.45, 2.75) is 20.4 Å². The van der Waals surface area contributed by atoms with Crippen LogP contribution in [-0.4, -0.2) is 20.4 Å². The molecule has 0 radical (unpaired) electrons. The molecule has 0 saturated heterocycles. The summed E-state index contributed by atoms with van der Waals surface area (Å²) in [7, 11) is 0. The average molecular weight is 383 g/mol. The largest absolute Gasteiger partial charge is 0.300 e. The van der Waals surface area contributed by atoms with Crippen molar-refractivity contribution in [2.75, 3.05) is 5.32 Å². The number of aryl methyl sites for hydroxylation is 1. The molecule has 2 aromatic heterocycles. The van der Waals surface area contributed by atoms with Crippen LogP contribution < -0.4 is 10.9 Å². The van der Waals surface area contributed by atoms with E-state index in [0.29, 0.717) is 36.7 Å². The van der Waals surface area contributed by atoms with E-state index in [-0.39, 0.29) is 18.0 Å². The molecule has 1 aromatic carbocycles. The molecule has 0 saturated carbocycles. The van der Waals surface area contributed by atoms with Crippen LogP contribution in [0.5, 0.6) is 0 Å². The number of halogens is 2. The maximum atomic E-state index is 12.2. The van der Waals surface area contributed by atoms with Gasteiger partial charge in [0.1, 0.15) is 12.1 Å². The van der Waals surface area contributed by atoms with Gasteiger partial charge in [-0.05, 0) is 26.0 Å². The first-order chi connectivity index (χ1) is 11.4. The highest BCUT2D eigenvalue weighted by Gasteiger charge is 2.14. The first kappa shape index (κ1) is 16.9. The molecule has 0 aliphatic carbocycles. The van der Waals surface area contributed by atoms with Gasteiger partial charge in [0.15, 0.2) is 5.13 Å². The smallest absolute Gasteiger partial charge is 0.256 e. The number of nitrogens with zero attached hydrogens (tertiary/aromatic N) is 3. The third kappa shape index (κ3) is 3.15. The number of carbonyl (C=O) groups excluding carboxylic acids is 1. The standard InChI is InChI=1S/C15H12Cl2N4O2S/c1-7-8(2)18-6-21(14(7)23)5-11(22)19-15-20-12-9(16)3-4-10(17)13(12)24-15/h3-4,6H,5H2,1-2H3,(H,19,20,22). The molecule has 0 spiro atoms. The zero-order valence-corrected chi connectivity index (χ0v) is 15.1. The molecule has 24 heavy (non-hydrogen) atoms. The number of aromatic nitrogens is 3. The molecule has 0 bridgehead atoms. The summed E-state index contributed by atoms with van der Waals surface area (Å²) in [5, 5.41) is 4.00. The van der Waals surface area contributed by atoms with E-state index in [2.05, 4.69) is 15.3 Å². The molecule has 0 aliphatic rings. The van der Waals surface area contributed by atoms with Crippen LogP contribution in [0.2, 0.25) is 10.0 Å². The van der Waals surface area contributed by atoms with Crippen molar-refractivity contribution >= 4 is 55.8 Å².